The molecule has 0 aromatic heterocycles. The molecule has 0 aromatic rings. The molecular weight excluding hydrogens is 234 g/mol. The van der Waals surface area contributed by atoms with Gasteiger partial charge in [0.15, 0.2) is 0 Å². The van der Waals surface area contributed by atoms with Crippen LogP contribution in [0.25, 0.3) is 0 Å². The van der Waals surface area contributed by atoms with Crippen molar-refractivity contribution in [2.75, 3.05) is 27.2 Å². The van der Waals surface area contributed by atoms with Crippen LogP contribution < -0.4 is 10.6 Å². The third-order valence-corrected chi connectivity index (χ3v) is 4.30. The molecule has 2 rings (SSSR count). The molecule has 1 saturated heterocycles. The number of piperidine rings is 1. The minimum absolute atomic E-state index is 0. The van der Waals surface area contributed by atoms with Crippen LogP contribution in [0.3, 0.4) is 0 Å². The van der Waals surface area contributed by atoms with Crippen LogP contribution in [0, 0.1) is 0 Å². The second kappa shape index (κ2) is 9.73. The molecule has 0 radical (unpaired) electrons. The molecule has 19 heavy (non-hydrogen) atoms. The summed E-state index contributed by atoms with van der Waals surface area (Å²) in [4.78, 5) is 2.40. The van der Waals surface area contributed by atoms with Gasteiger partial charge in [-0.2, -0.15) is 0 Å². The summed E-state index contributed by atoms with van der Waals surface area (Å²) in [5.74, 6) is 0. The summed E-state index contributed by atoms with van der Waals surface area (Å²) in [6, 6.07) is 2.25. The van der Waals surface area contributed by atoms with Gasteiger partial charge in [0.1, 0.15) is 0 Å². The summed E-state index contributed by atoms with van der Waals surface area (Å²) >= 11 is 0. The quantitative estimate of drug-likeness (QED) is 0.827. The summed E-state index contributed by atoms with van der Waals surface area (Å²) in [5.41, 5.74) is 0. The lowest BCUT2D eigenvalue weighted by molar-refractivity contribution is 0.228. The van der Waals surface area contributed by atoms with E-state index in [1.54, 1.807) is 0 Å². The van der Waals surface area contributed by atoms with E-state index in [4.69, 9.17) is 0 Å². The summed E-state index contributed by atoms with van der Waals surface area (Å²) < 4.78 is 0. The van der Waals surface area contributed by atoms with E-state index in [9.17, 15) is 0 Å². The van der Waals surface area contributed by atoms with Crippen LogP contribution >= 0.6 is 0 Å². The van der Waals surface area contributed by atoms with E-state index in [-0.39, 0.29) is 2.85 Å². The lowest BCUT2D eigenvalue weighted by Gasteiger charge is -2.30. The second-order valence-electron chi connectivity index (χ2n) is 6.52. The average molecular weight is 274 g/mol. The van der Waals surface area contributed by atoms with Gasteiger partial charge in [-0.1, -0.05) is 33.1 Å². The molecule has 1 heterocycles. The van der Waals surface area contributed by atoms with Crippen molar-refractivity contribution < 1.29 is 2.85 Å². The van der Waals surface area contributed by atoms with Gasteiger partial charge in [-0.15, -0.1) is 0 Å². The molecule has 1 saturated carbocycles. The molecule has 3 nitrogen and oxygen atoms in total. The molecule has 1 aliphatic heterocycles. The molecule has 2 fully saturated rings. The lowest BCUT2D eigenvalue weighted by atomic mass is 9.96. The molecule has 1 aliphatic carbocycles. The molecule has 0 amide bonds. The molecule has 2 aliphatic rings. The van der Waals surface area contributed by atoms with Crippen LogP contribution in [-0.2, 0) is 0 Å². The predicted octanol–water partition coefficient (Wildman–Crippen LogP) is 3.11. The van der Waals surface area contributed by atoms with Crippen molar-refractivity contribution in [1.29, 1.82) is 0 Å². The fourth-order valence-corrected chi connectivity index (χ4v) is 3.04. The third-order valence-electron chi connectivity index (χ3n) is 4.30. The van der Waals surface area contributed by atoms with Gasteiger partial charge in [-0.25, -0.2) is 0 Å². The Morgan fingerprint density at radius 3 is 1.95 bits per heavy atom. The van der Waals surface area contributed by atoms with Crippen molar-refractivity contribution >= 4 is 0 Å². The molecule has 0 bridgehead atoms. The van der Waals surface area contributed by atoms with Gasteiger partial charge in [0.05, 0.1) is 0 Å². The number of nitrogens with zero attached hydrogens (tertiary/aromatic N) is 1. The zero-order valence-electron chi connectivity index (χ0n) is 13.5. The van der Waals surface area contributed by atoms with Crippen molar-refractivity contribution in [1.82, 2.24) is 15.5 Å². The van der Waals surface area contributed by atoms with Crippen LogP contribution in [0.2, 0.25) is 0 Å². The highest BCUT2D eigenvalue weighted by molar-refractivity contribution is 4.76. The highest BCUT2D eigenvalue weighted by Crippen LogP contribution is 2.16. The fourth-order valence-electron chi connectivity index (χ4n) is 3.04. The molecule has 0 spiro atoms. The van der Waals surface area contributed by atoms with E-state index in [2.05, 4.69) is 43.5 Å². The van der Waals surface area contributed by atoms with Crippen molar-refractivity contribution in [2.24, 2.45) is 0 Å². The first kappa shape index (κ1) is 16.9. The van der Waals surface area contributed by atoms with Crippen molar-refractivity contribution in [3.05, 3.63) is 0 Å². The monoisotopic (exact) mass is 273 g/mol. The maximum Gasteiger partial charge on any atom is 0.00937 e. The summed E-state index contributed by atoms with van der Waals surface area (Å²) in [5, 5.41) is 6.88. The van der Waals surface area contributed by atoms with Crippen molar-refractivity contribution in [3.8, 4) is 0 Å². The first-order valence-corrected chi connectivity index (χ1v) is 8.23. The first-order valence-electron chi connectivity index (χ1n) is 8.23. The minimum atomic E-state index is 0. The van der Waals surface area contributed by atoms with Crippen LogP contribution in [0.5, 0.6) is 0 Å². The van der Waals surface area contributed by atoms with Crippen LogP contribution in [0.15, 0.2) is 0 Å². The third kappa shape index (κ3) is 7.91. The molecule has 0 atom stereocenters. The molecular formula is C16H39N3. The Kier molecular flexibility index (Phi) is 8.67. The lowest BCUT2D eigenvalue weighted by Crippen LogP contribution is -2.43. The SMILES string of the molecule is CC(C)NC1CCN(C)CC1.CNC1CCCCC1.[HH].[HH]. The Morgan fingerprint density at radius 1 is 0.947 bits per heavy atom. The normalized spacial score (nSPS) is 23.2. The van der Waals surface area contributed by atoms with Gasteiger partial charge in [0, 0.05) is 21.0 Å². The van der Waals surface area contributed by atoms with Gasteiger partial charge in [-0.3, -0.25) is 0 Å². The smallest absolute Gasteiger partial charge is 0.00937 e. The Labute approximate surface area is 123 Å². The Hall–Kier alpha value is -0.120. The Bertz CT molecular complexity index is 214. The van der Waals surface area contributed by atoms with E-state index in [0.717, 1.165) is 12.1 Å². The number of likely N-dealkylation sites (tertiary alicyclic amines) is 1. The summed E-state index contributed by atoms with van der Waals surface area (Å²) in [6.45, 7) is 6.95. The Balaban J connectivity index is 0. The summed E-state index contributed by atoms with van der Waals surface area (Å²) in [6.07, 6.45) is 9.76. The van der Waals surface area contributed by atoms with E-state index < -0.39 is 0 Å². The average Bonchev–Trinajstić information content (AvgIpc) is 2.42. The highest BCUT2D eigenvalue weighted by Gasteiger charge is 2.16. The summed E-state index contributed by atoms with van der Waals surface area (Å²) in [7, 11) is 4.27. The van der Waals surface area contributed by atoms with E-state index in [1.807, 2.05) is 0 Å². The van der Waals surface area contributed by atoms with Gasteiger partial charge in [0.2, 0.25) is 0 Å². The van der Waals surface area contributed by atoms with Crippen molar-refractivity contribution in [2.45, 2.75) is 76.9 Å². The molecule has 0 unspecified atom stereocenters. The largest absolute Gasteiger partial charge is 0.317 e. The minimum Gasteiger partial charge on any atom is -0.317 e. The number of rotatable bonds is 3. The van der Waals surface area contributed by atoms with Crippen molar-refractivity contribution in [3.63, 3.8) is 0 Å². The predicted molar refractivity (Wildman–Crippen MR) is 89.0 cm³/mol. The van der Waals surface area contributed by atoms with Gasteiger partial charge in [0.25, 0.3) is 0 Å². The van der Waals surface area contributed by atoms with Gasteiger partial charge in [-0.05, 0) is 52.9 Å². The molecule has 118 valence electrons. The Morgan fingerprint density at radius 2 is 1.53 bits per heavy atom. The van der Waals surface area contributed by atoms with Crippen LogP contribution in [-0.4, -0.2) is 50.2 Å². The molecule has 0 aromatic carbocycles. The zero-order chi connectivity index (χ0) is 14.1. The first-order chi connectivity index (χ1) is 9.11. The van der Waals surface area contributed by atoms with Crippen LogP contribution in [0.1, 0.15) is 61.6 Å². The zero-order valence-corrected chi connectivity index (χ0v) is 13.5. The standard InChI is InChI=1S/C9H20N2.C7H15N.2H2/c1-8(2)10-9-4-6-11(3)7-5-9;1-8-7-5-3-2-4-6-7;;/h8-10H,4-7H2,1-3H3;7-8H,2-6H2,1H3;2*1H. The maximum atomic E-state index is 3.58. The number of hydrogen-bond acceptors (Lipinski definition) is 3. The second-order valence-corrected chi connectivity index (χ2v) is 6.52. The fraction of sp³-hybridized carbons (Fsp3) is 1.00. The topological polar surface area (TPSA) is 27.3 Å². The molecule has 2 N–H and O–H groups in total. The van der Waals surface area contributed by atoms with Gasteiger partial charge >= 0.3 is 0 Å². The number of nitrogens with one attached hydrogen (secondary N) is 2. The van der Waals surface area contributed by atoms with Gasteiger partial charge < -0.3 is 15.5 Å². The van der Waals surface area contributed by atoms with E-state index in [1.165, 1.54) is 58.0 Å². The maximum absolute atomic E-state index is 3.58. The van der Waals surface area contributed by atoms with E-state index >= 15 is 0 Å². The van der Waals surface area contributed by atoms with E-state index in [0.29, 0.717) is 6.04 Å². The highest BCUT2D eigenvalue weighted by atomic mass is 15.1. The molecule has 3 heteroatoms. The number of hydrogen-bond donors (Lipinski definition) is 2. The van der Waals surface area contributed by atoms with Crippen LogP contribution in [0.4, 0.5) is 0 Å².